The molecule has 0 amide bonds. The van der Waals surface area contributed by atoms with E-state index < -0.39 is 17.6 Å². The highest BCUT2D eigenvalue weighted by Gasteiger charge is 2.33. The van der Waals surface area contributed by atoms with Crippen LogP contribution in [0.3, 0.4) is 0 Å². The molecule has 0 fully saturated rings. The van der Waals surface area contributed by atoms with Crippen molar-refractivity contribution in [2.45, 2.75) is 13.3 Å². The number of allylic oxidation sites excluding steroid dienone is 1. The SMILES string of the molecule is CCOC(=O)C1=C(c2ccc[nH]2)Cc2cc(Cl)c(F)cc2C1=O. The molecule has 1 heterocycles. The zero-order valence-corrected chi connectivity index (χ0v) is 13.0. The van der Waals surface area contributed by atoms with Gasteiger partial charge in [0.2, 0.25) is 5.78 Å². The summed E-state index contributed by atoms with van der Waals surface area (Å²) in [5.41, 5.74) is 1.83. The second kappa shape index (κ2) is 6.01. The Labute approximate surface area is 136 Å². The number of benzene rings is 1. The number of H-pyrrole nitrogens is 1. The first-order valence-corrected chi connectivity index (χ1v) is 7.47. The summed E-state index contributed by atoms with van der Waals surface area (Å²) < 4.78 is 18.7. The fourth-order valence-corrected chi connectivity index (χ4v) is 2.85. The van der Waals surface area contributed by atoms with Gasteiger partial charge >= 0.3 is 5.97 Å². The number of aromatic amines is 1. The predicted molar refractivity (Wildman–Crippen MR) is 83.8 cm³/mol. The van der Waals surface area contributed by atoms with Crippen molar-refractivity contribution in [1.82, 2.24) is 4.98 Å². The van der Waals surface area contributed by atoms with Gasteiger partial charge in [0.05, 0.1) is 11.6 Å². The first-order valence-electron chi connectivity index (χ1n) is 7.09. The van der Waals surface area contributed by atoms with Crippen LogP contribution in [0.4, 0.5) is 4.39 Å². The first kappa shape index (κ1) is 15.5. The molecule has 1 aromatic heterocycles. The molecule has 4 nitrogen and oxygen atoms in total. The van der Waals surface area contributed by atoms with Crippen molar-refractivity contribution in [3.05, 3.63) is 63.7 Å². The van der Waals surface area contributed by atoms with Gasteiger partial charge in [0.1, 0.15) is 11.4 Å². The van der Waals surface area contributed by atoms with E-state index in [-0.39, 0.29) is 29.2 Å². The Bertz CT molecular complexity index is 825. The van der Waals surface area contributed by atoms with Crippen LogP contribution in [0.1, 0.15) is 28.5 Å². The number of nitrogens with one attached hydrogen (secondary N) is 1. The normalized spacial score (nSPS) is 14.0. The van der Waals surface area contributed by atoms with Crippen LogP contribution in [0.15, 0.2) is 36.0 Å². The van der Waals surface area contributed by atoms with E-state index in [9.17, 15) is 14.0 Å². The van der Waals surface area contributed by atoms with Gasteiger partial charge in [-0.2, -0.15) is 0 Å². The van der Waals surface area contributed by atoms with E-state index in [1.165, 1.54) is 6.07 Å². The Morgan fingerprint density at radius 2 is 2.22 bits per heavy atom. The molecular weight excluding hydrogens is 321 g/mol. The smallest absolute Gasteiger partial charge is 0.342 e. The fourth-order valence-electron chi connectivity index (χ4n) is 2.66. The lowest BCUT2D eigenvalue weighted by Crippen LogP contribution is -2.24. The molecule has 1 aliphatic rings. The van der Waals surface area contributed by atoms with Crippen molar-refractivity contribution in [3.63, 3.8) is 0 Å². The molecule has 0 atom stereocenters. The summed E-state index contributed by atoms with van der Waals surface area (Å²) in [6.45, 7) is 1.81. The van der Waals surface area contributed by atoms with Crippen LogP contribution in [-0.4, -0.2) is 23.3 Å². The van der Waals surface area contributed by atoms with Crippen LogP contribution >= 0.6 is 11.6 Å². The van der Waals surface area contributed by atoms with E-state index in [2.05, 4.69) is 4.98 Å². The minimum Gasteiger partial charge on any atom is -0.462 e. The molecule has 0 aliphatic heterocycles. The molecule has 1 N–H and O–H groups in total. The highest BCUT2D eigenvalue weighted by atomic mass is 35.5. The maximum absolute atomic E-state index is 13.7. The molecule has 1 aliphatic carbocycles. The molecule has 0 bridgehead atoms. The fraction of sp³-hybridized carbons (Fsp3) is 0.176. The van der Waals surface area contributed by atoms with E-state index >= 15 is 0 Å². The molecule has 6 heteroatoms. The molecule has 0 radical (unpaired) electrons. The molecule has 118 valence electrons. The Kier molecular flexibility index (Phi) is 4.05. The summed E-state index contributed by atoms with van der Waals surface area (Å²) in [5, 5.41) is -0.0537. The summed E-state index contributed by atoms with van der Waals surface area (Å²) in [5.74, 6) is -1.95. The number of hydrogen-bond donors (Lipinski definition) is 1. The lowest BCUT2D eigenvalue weighted by atomic mass is 9.83. The van der Waals surface area contributed by atoms with Gasteiger partial charge in [-0.25, -0.2) is 9.18 Å². The highest BCUT2D eigenvalue weighted by Crippen LogP contribution is 2.34. The van der Waals surface area contributed by atoms with E-state index in [4.69, 9.17) is 16.3 Å². The van der Waals surface area contributed by atoms with Crippen molar-refractivity contribution in [1.29, 1.82) is 0 Å². The third-order valence-corrected chi connectivity index (χ3v) is 3.98. The number of aromatic nitrogens is 1. The number of ketones is 1. The second-order valence-corrected chi connectivity index (χ2v) is 5.49. The van der Waals surface area contributed by atoms with Gasteiger partial charge in [-0.15, -0.1) is 0 Å². The number of esters is 1. The van der Waals surface area contributed by atoms with Gasteiger partial charge in [-0.05, 0) is 42.3 Å². The van der Waals surface area contributed by atoms with Crippen molar-refractivity contribution < 1.29 is 18.7 Å². The maximum atomic E-state index is 13.7. The quantitative estimate of drug-likeness (QED) is 0.690. The molecule has 0 unspecified atom stereocenters. The molecule has 0 spiro atoms. The zero-order valence-electron chi connectivity index (χ0n) is 12.3. The number of fused-ring (bicyclic) bond motifs is 1. The summed E-state index contributed by atoms with van der Waals surface area (Å²) in [4.78, 5) is 27.9. The third-order valence-electron chi connectivity index (χ3n) is 3.69. The number of carbonyl (C=O) groups is 2. The standard InChI is InChI=1S/C17H13ClFNO3/c1-2-23-17(22)15-11(14-4-3-5-20-14)6-9-7-12(18)13(19)8-10(9)16(15)21/h3-5,7-8,20H,2,6H2,1H3. The summed E-state index contributed by atoms with van der Waals surface area (Å²) >= 11 is 5.81. The van der Waals surface area contributed by atoms with Gasteiger partial charge in [0.15, 0.2) is 0 Å². The Morgan fingerprint density at radius 1 is 1.43 bits per heavy atom. The average molecular weight is 334 g/mol. The van der Waals surface area contributed by atoms with Gasteiger partial charge in [0.25, 0.3) is 0 Å². The Morgan fingerprint density at radius 3 is 2.87 bits per heavy atom. The number of ether oxygens (including phenoxy) is 1. The summed E-state index contributed by atoms with van der Waals surface area (Å²) in [6, 6.07) is 6.03. The number of hydrogen-bond acceptors (Lipinski definition) is 3. The second-order valence-electron chi connectivity index (χ2n) is 5.09. The van der Waals surface area contributed by atoms with Gasteiger partial charge in [0, 0.05) is 23.9 Å². The summed E-state index contributed by atoms with van der Waals surface area (Å²) in [6.07, 6.45) is 1.98. The Balaban J connectivity index is 2.19. The molecule has 1 aromatic carbocycles. The van der Waals surface area contributed by atoms with Crippen molar-refractivity contribution in [2.75, 3.05) is 6.61 Å². The highest BCUT2D eigenvalue weighted by molar-refractivity contribution is 6.32. The minimum absolute atomic E-state index is 0.0537. The number of halogens is 2. The first-order chi connectivity index (χ1) is 11.0. The van der Waals surface area contributed by atoms with Crippen LogP contribution in [0.25, 0.3) is 5.57 Å². The van der Waals surface area contributed by atoms with Crippen LogP contribution in [-0.2, 0) is 16.0 Å². The largest absolute Gasteiger partial charge is 0.462 e. The summed E-state index contributed by atoms with van der Waals surface area (Å²) in [7, 11) is 0. The van der Waals surface area contributed by atoms with Gasteiger partial charge < -0.3 is 9.72 Å². The number of rotatable bonds is 3. The van der Waals surface area contributed by atoms with E-state index in [1.807, 2.05) is 0 Å². The number of Topliss-reactive ketones (excluding diaryl/α,β-unsaturated/α-hetero) is 1. The van der Waals surface area contributed by atoms with Crippen LogP contribution in [0.5, 0.6) is 0 Å². The molecule has 2 aromatic rings. The lowest BCUT2D eigenvalue weighted by molar-refractivity contribution is -0.138. The maximum Gasteiger partial charge on any atom is 0.342 e. The van der Waals surface area contributed by atoms with Gasteiger partial charge in [-0.1, -0.05) is 11.6 Å². The van der Waals surface area contributed by atoms with E-state index in [1.54, 1.807) is 25.3 Å². The van der Waals surface area contributed by atoms with Crippen LogP contribution in [0.2, 0.25) is 5.02 Å². The molecular formula is C17H13ClFNO3. The average Bonchev–Trinajstić information content (AvgIpc) is 3.03. The lowest BCUT2D eigenvalue weighted by Gasteiger charge is -2.21. The third kappa shape index (κ3) is 2.68. The number of carbonyl (C=O) groups excluding carboxylic acids is 2. The zero-order chi connectivity index (χ0) is 16.6. The van der Waals surface area contributed by atoms with Crippen molar-refractivity contribution in [3.8, 4) is 0 Å². The van der Waals surface area contributed by atoms with Crippen molar-refractivity contribution >= 4 is 28.9 Å². The monoisotopic (exact) mass is 333 g/mol. The topological polar surface area (TPSA) is 59.2 Å². The van der Waals surface area contributed by atoms with Crippen LogP contribution in [0, 0.1) is 5.82 Å². The Hall–Kier alpha value is -2.40. The minimum atomic E-state index is -0.705. The molecule has 3 rings (SSSR count). The van der Waals surface area contributed by atoms with Crippen molar-refractivity contribution in [2.24, 2.45) is 0 Å². The molecule has 23 heavy (non-hydrogen) atoms. The van der Waals surface area contributed by atoms with Crippen LogP contribution < -0.4 is 0 Å². The van der Waals surface area contributed by atoms with E-state index in [0.29, 0.717) is 16.8 Å². The molecule has 0 saturated heterocycles. The van der Waals surface area contributed by atoms with Gasteiger partial charge in [-0.3, -0.25) is 4.79 Å². The molecule has 0 saturated carbocycles. The predicted octanol–water partition coefficient (Wildman–Crippen LogP) is 3.56. The van der Waals surface area contributed by atoms with E-state index in [0.717, 1.165) is 6.07 Å².